The molecule has 0 unspecified atom stereocenters. The predicted molar refractivity (Wildman–Crippen MR) is 68.8 cm³/mol. The number of hydrogen-bond donors (Lipinski definition) is 0. The van der Waals surface area contributed by atoms with Crippen LogP contribution in [0, 0.1) is 5.92 Å². The molecular weight excluding hydrogens is 222 g/mol. The molecule has 1 aliphatic rings. The van der Waals surface area contributed by atoms with E-state index in [0.717, 1.165) is 12.3 Å². The molecule has 0 spiro atoms. The number of nitrogens with zero attached hydrogens (tertiary/aromatic N) is 1. The second kappa shape index (κ2) is 7.16. The fraction of sp³-hybridized carbons (Fsp3) is 0.923. The number of rotatable bonds is 6. The maximum atomic E-state index is 12.0. The lowest BCUT2D eigenvalue weighted by atomic mass is 10.0. The molecule has 94 valence electrons. The molecule has 0 aromatic rings. The Morgan fingerprint density at radius 2 is 2.00 bits per heavy atom. The van der Waals surface area contributed by atoms with Crippen LogP contribution in [0.15, 0.2) is 0 Å². The van der Waals surface area contributed by atoms with E-state index in [9.17, 15) is 4.79 Å². The van der Waals surface area contributed by atoms with Crippen LogP contribution in [0.25, 0.3) is 0 Å². The van der Waals surface area contributed by atoms with Crippen molar-refractivity contribution in [3.8, 4) is 0 Å². The Morgan fingerprint density at radius 1 is 1.38 bits per heavy atom. The molecule has 1 aliphatic carbocycles. The first-order valence-electron chi connectivity index (χ1n) is 6.50. The summed E-state index contributed by atoms with van der Waals surface area (Å²) in [6.07, 6.45) is 7.14. The summed E-state index contributed by atoms with van der Waals surface area (Å²) in [7, 11) is 0. The molecule has 0 N–H and O–H groups in total. The SMILES string of the molecule is CC(C)N(CCCl)C(=O)CCC1CCCC1. The highest BCUT2D eigenvalue weighted by Gasteiger charge is 2.20. The van der Waals surface area contributed by atoms with E-state index in [0.29, 0.717) is 18.8 Å². The normalized spacial score (nSPS) is 17.0. The first kappa shape index (κ1) is 13.8. The Balaban J connectivity index is 2.30. The fourth-order valence-corrected chi connectivity index (χ4v) is 2.71. The van der Waals surface area contributed by atoms with E-state index >= 15 is 0 Å². The zero-order valence-electron chi connectivity index (χ0n) is 10.5. The number of halogens is 1. The van der Waals surface area contributed by atoms with Crippen LogP contribution in [0.4, 0.5) is 0 Å². The van der Waals surface area contributed by atoms with E-state index in [1.807, 2.05) is 4.90 Å². The van der Waals surface area contributed by atoms with Gasteiger partial charge in [-0.15, -0.1) is 11.6 Å². The molecule has 1 rings (SSSR count). The lowest BCUT2D eigenvalue weighted by Crippen LogP contribution is -2.38. The molecule has 0 bridgehead atoms. The van der Waals surface area contributed by atoms with Crippen molar-refractivity contribution < 1.29 is 4.79 Å². The lowest BCUT2D eigenvalue weighted by Gasteiger charge is -2.26. The zero-order chi connectivity index (χ0) is 12.0. The maximum absolute atomic E-state index is 12.0. The van der Waals surface area contributed by atoms with Crippen molar-refractivity contribution in [2.24, 2.45) is 5.92 Å². The zero-order valence-corrected chi connectivity index (χ0v) is 11.3. The Labute approximate surface area is 104 Å². The molecule has 1 saturated carbocycles. The highest BCUT2D eigenvalue weighted by Crippen LogP contribution is 2.28. The molecule has 0 saturated heterocycles. The summed E-state index contributed by atoms with van der Waals surface area (Å²) in [5, 5.41) is 0. The molecule has 0 aromatic carbocycles. The van der Waals surface area contributed by atoms with Crippen molar-refractivity contribution in [1.29, 1.82) is 0 Å². The van der Waals surface area contributed by atoms with Gasteiger partial charge < -0.3 is 4.90 Å². The average Bonchev–Trinajstić information content (AvgIpc) is 2.75. The fourth-order valence-electron chi connectivity index (χ4n) is 2.53. The second-order valence-corrected chi connectivity index (χ2v) is 5.44. The van der Waals surface area contributed by atoms with E-state index < -0.39 is 0 Å². The van der Waals surface area contributed by atoms with Crippen LogP contribution in [-0.2, 0) is 4.79 Å². The van der Waals surface area contributed by atoms with E-state index in [-0.39, 0.29) is 11.9 Å². The summed E-state index contributed by atoms with van der Waals surface area (Å²) in [6.45, 7) is 4.79. The first-order valence-corrected chi connectivity index (χ1v) is 7.04. The molecule has 0 atom stereocenters. The molecular formula is C13H24ClNO. The van der Waals surface area contributed by atoms with E-state index in [2.05, 4.69) is 13.8 Å². The molecule has 0 radical (unpaired) electrons. The van der Waals surface area contributed by atoms with Gasteiger partial charge in [0, 0.05) is 24.9 Å². The summed E-state index contributed by atoms with van der Waals surface area (Å²) in [5.41, 5.74) is 0. The molecule has 1 fully saturated rings. The van der Waals surface area contributed by atoms with E-state index in [4.69, 9.17) is 11.6 Å². The third kappa shape index (κ3) is 4.32. The summed E-state index contributed by atoms with van der Waals surface area (Å²) in [4.78, 5) is 13.9. The van der Waals surface area contributed by atoms with Gasteiger partial charge in [-0.3, -0.25) is 4.79 Å². The van der Waals surface area contributed by atoms with Gasteiger partial charge in [0.15, 0.2) is 0 Å². The van der Waals surface area contributed by atoms with Gasteiger partial charge in [-0.25, -0.2) is 0 Å². The van der Waals surface area contributed by atoms with Gasteiger partial charge in [0.1, 0.15) is 0 Å². The number of carbonyl (C=O) groups is 1. The number of hydrogen-bond acceptors (Lipinski definition) is 1. The maximum Gasteiger partial charge on any atom is 0.222 e. The second-order valence-electron chi connectivity index (χ2n) is 5.06. The molecule has 2 nitrogen and oxygen atoms in total. The minimum absolute atomic E-state index is 0.273. The highest BCUT2D eigenvalue weighted by molar-refractivity contribution is 6.18. The lowest BCUT2D eigenvalue weighted by molar-refractivity contribution is -0.132. The predicted octanol–water partition coefficient (Wildman–Crippen LogP) is 3.43. The number of alkyl halides is 1. The smallest absolute Gasteiger partial charge is 0.222 e. The van der Waals surface area contributed by atoms with E-state index in [1.54, 1.807) is 0 Å². The van der Waals surface area contributed by atoms with Crippen molar-refractivity contribution in [1.82, 2.24) is 4.90 Å². The summed E-state index contributed by atoms with van der Waals surface area (Å²) < 4.78 is 0. The van der Waals surface area contributed by atoms with Crippen molar-refractivity contribution >= 4 is 17.5 Å². The summed E-state index contributed by atoms with van der Waals surface area (Å²) >= 11 is 5.72. The molecule has 1 amide bonds. The van der Waals surface area contributed by atoms with Crippen LogP contribution in [0.3, 0.4) is 0 Å². The van der Waals surface area contributed by atoms with Crippen LogP contribution >= 0.6 is 11.6 Å². The third-order valence-corrected chi connectivity index (χ3v) is 3.68. The largest absolute Gasteiger partial charge is 0.339 e. The first-order chi connectivity index (χ1) is 7.65. The minimum atomic E-state index is 0.273. The van der Waals surface area contributed by atoms with Crippen molar-refractivity contribution in [2.45, 2.75) is 58.4 Å². The Morgan fingerprint density at radius 3 is 2.50 bits per heavy atom. The van der Waals surface area contributed by atoms with Crippen LogP contribution in [0.2, 0.25) is 0 Å². The number of carbonyl (C=O) groups excluding carboxylic acids is 1. The monoisotopic (exact) mass is 245 g/mol. The minimum Gasteiger partial charge on any atom is -0.339 e. The van der Waals surface area contributed by atoms with Crippen molar-refractivity contribution in [3.63, 3.8) is 0 Å². The van der Waals surface area contributed by atoms with Gasteiger partial charge >= 0.3 is 0 Å². The quantitative estimate of drug-likeness (QED) is 0.657. The third-order valence-electron chi connectivity index (χ3n) is 3.51. The Kier molecular flexibility index (Phi) is 6.18. The van der Waals surface area contributed by atoms with Gasteiger partial charge in [-0.2, -0.15) is 0 Å². The van der Waals surface area contributed by atoms with Gasteiger partial charge in [0.2, 0.25) is 5.91 Å². The van der Waals surface area contributed by atoms with Gasteiger partial charge in [-0.1, -0.05) is 25.7 Å². The standard InChI is InChI=1S/C13H24ClNO/c1-11(2)15(10-9-14)13(16)8-7-12-5-3-4-6-12/h11-12H,3-10H2,1-2H3. The van der Waals surface area contributed by atoms with Crippen LogP contribution in [-0.4, -0.2) is 29.3 Å². The molecule has 16 heavy (non-hydrogen) atoms. The van der Waals surface area contributed by atoms with Crippen molar-refractivity contribution in [3.05, 3.63) is 0 Å². The summed E-state index contributed by atoms with van der Waals surface area (Å²) in [6, 6.07) is 0.273. The van der Waals surface area contributed by atoms with Crippen LogP contribution in [0.5, 0.6) is 0 Å². The number of amides is 1. The molecule has 0 heterocycles. The van der Waals surface area contributed by atoms with E-state index in [1.165, 1.54) is 25.7 Å². The molecule has 3 heteroatoms. The molecule has 0 aliphatic heterocycles. The van der Waals surface area contributed by atoms with Gasteiger partial charge in [0.05, 0.1) is 0 Å². The Bertz CT molecular complexity index is 212. The highest BCUT2D eigenvalue weighted by atomic mass is 35.5. The van der Waals surface area contributed by atoms with Gasteiger partial charge in [0.25, 0.3) is 0 Å². The topological polar surface area (TPSA) is 20.3 Å². The molecule has 0 aromatic heterocycles. The van der Waals surface area contributed by atoms with Crippen molar-refractivity contribution in [2.75, 3.05) is 12.4 Å². The summed E-state index contributed by atoms with van der Waals surface area (Å²) in [5.74, 6) is 1.62. The van der Waals surface area contributed by atoms with Gasteiger partial charge in [-0.05, 0) is 26.2 Å². The Hall–Kier alpha value is -0.240. The van der Waals surface area contributed by atoms with Crippen LogP contribution < -0.4 is 0 Å². The van der Waals surface area contributed by atoms with Crippen LogP contribution in [0.1, 0.15) is 52.4 Å². The average molecular weight is 246 g/mol.